The van der Waals surface area contributed by atoms with Gasteiger partial charge in [-0.3, -0.25) is 0 Å². The predicted molar refractivity (Wildman–Crippen MR) is 81.2 cm³/mol. The molecule has 1 aliphatic carbocycles. The molecule has 0 aromatic heterocycles. The first kappa shape index (κ1) is 13.2. The van der Waals surface area contributed by atoms with Gasteiger partial charge >= 0.3 is 0 Å². The number of hydrogen-bond acceptors (Lipinski definition) is 4. The summed E-state index contributed by atoms with van der Waals surface area (Å²) in [5, 5.41) is 0. The van der Waals surface area contributed by atoms with Gasteiger partial charge in [-0.05, 0) is 30.5 Å². The van der Waals surface area contributed by atoms with E-state index in [1.165, 1.54) is 16.9 Å². The van der Waals surface area contributed by atoms with E-state index in [0.29, 0.717) is 0 Å². The molecule has 4 nitrogen and oxygen atoms in total. The Morgan fingerprint density at radius 3 is 2.40 bits per heavy atom. The van der Waals surface area contributed by atoms with Gasteiger partial charge in [-0.2, -0.15) is 4.99 Å². The number of likely N-dealkylation sites (N-methyl/N-ethyl adjacent to an activating group) is 2. The van der Waals surface area contributed by atoms with Crippen LogP contribution in [0.2, 0.25) is 0 Å². The van der Waals surface area contributed by atoms with Crippen LogP contribution in [0, 0.1) is 0 Å². The number of hydrogen-bond donors (Lipinski definition) is 0. The van der Waals surface area contributed by atoms with Gasteiger partial charge < -0.3 is 9.80 Å². The van der Waals surface area contributed by atoms with Crippen LogP contribution in [0.15, 0.2) is 23.2 Å². The molecule has 3 rings (SSSR count). The number of anilines is 2. The topological polar surface area (TPSA) is 35.9 Å². The van der Waals surface area contributed by atoms with E-state index < -0.39 is 0 Å². The van der Waals surface area contributed by atoms with E-state index in [4.69, 9.17) is 0 Å². The molecule has 2 aliphatic rings. The van der Waals surface area contributed by atoms with Gasteiger partial charge in [-0.1, -0.05) is 18.9 Å². The molecule has 0 amide bonds. The van der Waals surface area contributed by atoms with E-state index in [1.807, 2.05) is 0 Å². The van der Waals surface area contributed by atoms with Gasteiger partial charge in [0.2, 0.25) is 6.08 Å². The van der Waals surface area contributed by atoms with Crippen molar-refractivity contribution in [3.05, 3.63) is 23.8 Å². The molecule has 0 unspecified atom stereocenters. The molecule has 0 saturated heterocycles. The molecule has 0 atom stereocenters. The summed E-state index contributed by atoms with van der Waals surface area (Å²) in [6.07, 6.45) is 5.99. The van der Waals surface area contributed by atoms with Crippen molar-refractivity contribution in [3.8, 4) is 0 Å². The number of benzene rings is 1. The number of carbonyl (C=O) groups excluding carboxylic acids is 1. The van der Waals surface area contributed by atoms with Crippen molar-refractivity contribution in [3.63, 3.8) is 0 Å². The largest absolute Gasteiger partial charge is 0.371 e. The maximum Gasteiger partial charge on any atom is 0.235 e. The van der Waals surface area contributed by atoms with E-state index >= 15 is 0 Å². The third kappa shape index (κ3) is 2.01. The minimum absolute atomic E-state index is 0.326. The van der Waals surface area contributed by atoms with E-state index in [1.54, 1.807) is 6.08 Å². The normalized spacial score (nSPS) is 20.5. The zero-order chi connectivity index (χ0) is 14.2. The van der Waals surface area contributed by atoms with Gasteiger partial charge in [0.1, 0.15) is 0 Å². The molecule has 4 heteroatoms. The Bertz CT molecular complexity index is 557. The van der Waals surface area contributed by atoms with E-state index in [9.17, 15) is 4.79 Å². The molecule has 0 spiro atoms. The van der Waals surface area contributed by atoms with Crippen LogP contribution in [-0.4, -0.2) is 33.3 Å². The van der Waals surface area contributed by atoms with E-state index in [-0.39, 0.29) is 5.54 Å². The smallest absolute Gasteiger partial charge is 0.235 e. The van der Waals surface area contributed by atoms with Crippen molar-refractivity contribution in [1.82, 2.24) is 0 Å². The van der Waals surface area contributed by atoms with Gasteiger partial charge in [0, 0.05) is 27.2 Å². The average Bonchev–Trinajstić information content (AvgIpc) is 2.93. The van der Waals surface area contributed by atoms with Gasteiger partial charge in [0.15, 0.2) is 0 Å². The monoisotopic (exact) mass is 271 g/mol. The molecule has 1 heterocycles. The quantitative estimate of drug-likeness (QED) is 0.613. The highest BCUT2D eigenvalue weighted by Crippen LogP contribution is 2.44. The summed E-state index contributed by atoms with van der Waals surface area (Å²) in [5.74, 6) is 0. The molecule has 20 heavy (non-hydrogen) atoms. The van der Waals surface area contributed by atoms with Crippen LogP contribution in [0.1, 0.15) is 31.2 Å². The fourth-order valence-electron chi connectivity index (χ4n) is 3.49. The maximum absolute atomic E-state index is 10.8. The van der Waals surface area contributed by atoms with Crippen molar-refractivity contribution in [2.45, 2.75) is 31.2 Å². The molecule has 1 saturated carbocycles. The fraction of sp³-hybridized carbons (Fsp3) is 0.562. The van der Waals surface area contributed by atoms with Crippen LogP contribution in [0.3, 0.4) is 0 Å². The summed E-state index contributed by atoms with van der Waals surface area (Å²) in [5.41, 5.74) is 3.33. The van der Waals surface area contributed by atoms with E-state index in [2.05, 4.69) is 47.1 Å². The molecular weight excluding hydrogens is 250 g/mol. The summed E-state index contributed by atoms with van der Waals surface area (Å²) >= 11 is 0. The summed E-state index contributed by atoms with van der Waals surface area (Å²) < 4.78 is 0. The molecule has 0 radical (unpaired) electrons. The second kappa shape index (κ2) is 4.95. The van der Waals surface area contributed by atoms with Gasteiger partial charge in [-0.25, -0.2) is 4.79 Å². The Balaban J connectivity index is 2.07. The third-order valence-corrected chi connectivity index (χ3v) is 4.80. The van der Waals surface area contributed by atoms with Crippen LogP contribution < -0.4 is 9.80 Å². The summed E-state index contributed by atoms with van der Waals surface area (Å²) in [6.45, 7) is 2.07. The van der Waals surface area contributed by atoms with Crippen LogP contribution in [0.4, 0.5) is 11.4 Å². The standard InChI is InChI=1S/C16H21N3O/c1-18-9-10-19(2)15-11-13(5-6-14(15)18)16(17-12-20)7-3-4-8-16/h5-6,11H,3-4,7-10H2,1-2H3. The zero-order valence-electron chi connectivity index (χ0n) is 12.2. The zero-order valence-corrected chi connectivity index (χ0v) is 12.2. The molecular formula is C16H21N3O. The molecule has 1 fully saturated rings. The Morgan fingerprint density at radius 2 is 1.75 bits per heavy atom. The van der Waals surface area contributed by atoms with Gasteiger partial charge in [-0.15, -0.1) is 0 Å². The Morgan fingerprint density at radius 1 is 1.10 bits per heavy atom. The molecule has 1 aromatic rings. The lowest BCUT2D eigenvalue weighted by Crippen LogP contribution is -2.37. The summed E-state index contributed by atoms with van der Waals surface area (Å²) in [6, 6.07) is 6.53. The molecule has 0 N–H and O–H groups in total. The first-order valence-corrected chi connectivity index (χ1v) is 7.32. The number of fused-ring (bicyclic) bond motifs is 1. The number of isocyanates is 1. The van der Waals surface area contributed by atoms with Crippen molar-refractivity contribution < 1.29 is 4.79 Å². The van der Waals surface area contributed by atoms with Gasteiger partial charge in [0.05, 0.1) is 16.9 Å². The highest BCUT2D eigenvalue weighted by atomic mass is 16.1. The molecule has 1 aliphatic heterocycles. The molecule has 0 bridgehead atoms. The minimum atomic E-state index is -0.326. The number of nitrogens with zero attached hydrogens (tertiary/aromatic N) is 3. The Labute approximate surface area is 120 Å². The number of aliphatic imine (C=N–C) groups is 1. The third-order valence-electron chi connectivity index (χ3n) is 4.80. The van der Waals surface area contributed by atoms with Crippen molar-refractivity contribution in [2.75, 3.05) is 37.0 Å². The van der Waals surface area contributed by atoms with Crippen molar-refractivity contribution in [1.29, 1.82) is 0 Å². The Hall–Kier alpha value is -1.80. The fourth-order valence-corrected chi connectivity index (χ4v) is 3.49. The lowest BCUT2D eigenvalue weighted by Gasteiger charge is -2.36. The van der Waals surface area contributed by atoms with Crippen molar-refractivity contribution >= 4 is 17.5 Å². The van der Waals surface area contributed by atoms with Crippen LogP contribution in [-0.2, 0) is 10.3 Å². The second-order valence-corrected chi connectivity index (χ2v) is 5.99. The lowest BCUT2D eigenvalue weighted by molar-refractivity contribution is 0.456. The minimum Gasteiger partial charge on any atom is -0.371 e. The predicted octanol–water partition coefficient (Wildman–Crippen LogP) is 2.68. The Kier molecular flexibility index (Phi) is 3.27. The molecule has 106 valence electrons. The first-order chi connectivity index (χ1) is 9.66. The average molecular weight is 271 g/mol. The van der Waals surface area contributed by atoms with E-state index in [0.717, 1.165) is 38.8 Å². The SMILES string of the molecule is CN1CCN(C)c2cc(C3(N=C=O)CCCC3)ccc21. The highest BCUT2D eigenvalue weighted by molar-refractivity contribution is 5.74. The molecule has 1 aromatic carbocycles. The highest BCUT2D eigenvalue weighted by Gasteiger charge is 2.36. The van der Waals surface area contributed by atoms with Crippen LogP contribution in [0.25, 0.3) is 0 Å². The maximum atomic E-state index is 10.8. The first-order valence-electron chi connectivity index (χ1n) is 7.32. The summed E-state index contributed by atoms with van der Waals surface area (Å²) in [7, 11) is 4.25. The second-order valence-electron chi connectivity index (χ2n) is 5.99. The van der Waals surface area contributed by atoms with Crippen molar-refractivity contribution in [2.24, 2.45) is 4.99 Å². The van der Waals surface area contributed by atoms with Crippen LogP contribution >= 0.6 is 0 Å². The lowest BCUT2D eigenvalue weighted by atomic mass is 9.88. The summed E-state index contributed by atoms with van der Waals surface area (Å²) in [4.78, 5) is 19.6. The number of rotatable bonds is 2. The van der Waals surface area contributed by atoms with Crippen LogP contribution in [0.5, 0.6) is 0 Å². The van der Waals surface area contributed by atoms with Gasteiger partial charge in [0.25, 0.3) is 0 Å².